The van der Waals surface area contributed by atoms with Crippen LogP contribution in [0, 0.1) is 17.5 Å². The van der Waals surface area contributed by atoms with Gasteiger partial charge in [-0.3, -0.25) is 10.6 Å². The zero-order chi connectivity index (χ0) is 33.6. The molecule has 0 spiro atoms. The van der Waals surface area contributed by atoms with Gasteiger partial charge in [0, 0.05) is 29.4 Å². The lowest BCUT2D eigenvalue weighted by Crippen LogP contribution is -2.27. The molecule has 0 aliphatic rings. The third kappa shape index (κ3) is 10.0. The van der Waals surface area contributed by atoms with Crippen LogP contribution in [0.1, 0.15) is 64.2 Å². The molecule has 0 fully saturated rings. The Morgan fingerprint density at radius 2 is 1.04 bits per heavy atom. The Bertz CT molecular complexity index is 1560. The topological polar surface area (TPSA) is 85.9 Å². The van der Waals surface area contributed by atoms with Crippen molar-refractivity contribution in [2.45, 2.75) is 65.1 Å². The molecule has 4 rings (SSSR count). The van der Waals surface area contributed by atoms with E-state index in [1.54, 1.807) is 77.9 Å². The number of nitrogens with one attached hydrogen (secondary N) is 2. The third-order valence-electron chi connectivity index (χ3n) is 6.47. The number of carbonyl (C=O) groups is 2. The highest BCUT2D eigenvalue weighted by Gasteiger charge is 2.20. The molecule has 7 nitrogen and oxygen atoms in total. The lowest BCUT2D eigenvalue weighted by atomic mass is 9.86. The highest BCUT2D eigenvalue weighted by Crippen LogP contribution is 2.32. The first-order valence-electron chi connectivity index (χ1n) is 14.7. The Hall–Kier alpha value is -4.99. The van der Waals surface area contributed by atoms with Gasteiger partial charge in [0.2, 0.25) is 0 Å². The fourth-order valence-corrected chi connectivity index (χ4v) is 4.53. The van der Waals surface area contributed by atoms with Crippen molar-refractivity contribution >= 4 is 23.6 Å². The van der Waals surface area contributed by atoms with E-state index in [1.807, 2.05) is 36.4 Å². The molecule has 10 heteroatoms. The van der Waals surface area contributed by atoms with Crippen LogP contribution in [0.4, 0.5) is 34.1 Å². The van der Waals surface area contributed by atoms with Gasteiger partial charge in [0.1, 0.15) is 22.7 Å². The summed E-state index contributed by atoms with van der Waals surface area (Å²) in [5.74, 6) is -4.22. The van der Waals surface area contributed by atoms with Gasteiger partial charge in [-0.05, 0) is 101 Å². The second-order valence-corrected chi connectivity index (χ2v) is 12.7. The van der Waals surface area contributed by atoms with E-state index >= 15 is 0 Å². The van der Waals surface area contributed by atoms with Crippen molar-refractivity contribution in [1.82, 2.24) is 0 Å². The number of hydrogen-bond donors (Lipinski definition) is 2. The number of hydrogen-bond acceptors (Lipinski definition) is 5. The SMILES string of the molecule is CC(C)(C)OC(=O)Nc1ccc(C(Cc2ccc(Oc3cc(F)c(F)c(F)c3)cc2)c2ccc(NC(=O)OC(C)(C)C)cc2)cc1. The fraction of sp³-hybridized carbons (Fsp3) is 0.278. The van der Waals surface area contributed by atoms with Crippen LogP contribution in [-0.2, 0) is 15.9 Å². The number of rotatable bonds is 8. The molecule has 0 aromatic heterocycles. The van der Waals surface area contributed by atoms with E-state index < -0.39 is 40.8 Å². The Morgan fingerprint density at radius 1 is 0.630 bits per heavy atom. The molecule has 2 amide bonds. The summed E-state index contributed by atoms with van der Waals surface area (Å²) in [4.78, 5) is 24.5. The van der Waals surface area contributed by atoms with Crippen LogP contribution in [0.15, 0.2) is 84.9 Å². The van der Waals surface area contributed by atoms with Crippen LogP contribution in [-0.4, -0.2) is 23.4 Å². The van der Waals surface area contributed by atoms with E-state index in [-0.39, 0.29) is 11.7 Å². The van der Waals surface area contributed by atoms with Gasteiger partial charge in [-0.1, -0.05) is 36.4 Å². The minimum absolute atomic E-state index is 0.141. The molecule has 0 atom stereocenters. The monoisotopic (exact) mass is 634 g/mol. The molecule has 0 saturated heterocycles. The number of anilines is 2. The van der Waals surface area contributed by atoms with Crippen LogP contribution in [0.25, 0.3) is 0 Å². The van der Waals surface area contributed by atoms with Gasteiger partial charge in [-0.25, -0.2) is 22.8 Å². The number of carbonyl (C=O) groups excluding carboxylic acids is 2. The number of amides is 2. The van der Waals surface area contributed by atoms with Gasteiger partial charge in [0.15, 0.2) is 17.5 Å². The number of ether oxygens (including phenoxy) is 3. The Kier molecular flexibility index (Phi) is 10.3. The zero-order valence-corrected chi connectivity index (χ0v) is 26.5. The lowest BCUT2D eigenvalue weighted by Gasteiger charge is -2.21. The van der Waals surface area contributed by atoms with Gasteiger partial charge in [-0.2, -0.15) is 0 Å². The standard InChI is InChI=1S/C36H37F3N2O5/c1-35(2,3)45-33(42)40-25-13-9-23(10-14-25)29(24-11-15-26(16-12-24)41-34(43)46-36(4,5)6)19-22-7-17-27(18-8-22)44-28-20-30(37)32(39)31(38)21-28/h7-18,20-21,29H,19H2,1-6H3,(H,40,42)(H,41,43). The van der Waals surface area contributed by atoms with Gasteiger partial charge in [0.05, 0.1) is 0 Å². The second-order valence-electron chi connectivity index (χ2n) is 12.7. The molecule has 242 valence electrons. The maximum atomic E-state index is 13.6. The van der Waals surface area contributed by atoms with Crippen molar-refractivity contribution in [3.63, 3.8) is 0 Å². The van der Waals surface area contributed by atoms with E-state index in [2.05, 4.69) is 10.6 Å². The summed E-state index contributed by atoms with van der Waals surface area (Å²) >= 11 is 0. The highest BCUT2D eigenvalue weighted by atomic mass is 19.2. The van der Waals surface area contributed by atoms with Crippen LogP contribution < -0.4 is 15.4 Å². The van der Waals surface area contributed by atoms with Crippen LogP contribution in [0.3, 0.4) is 0 Å². The maximum absolute atomic E-state index is 13.6. The zero-order valence-electron chi connectivity index (χ0n) is 26.5. The Morgan fingerprint density at radius 3 is 1.43 bits per heavy atom. The minimum atomic E-state index is -1.56. The van der Waals surface area contributed by atoms with Crippen molar-refractivity contribution in [2.24, 2.45) is 0 Å². The van der Waals surface area contributed by atoms with Crippen molar-refractivity contribution in [2.75, 3.05) is 10.6 Å². The summed E-state index contributed by atoms with van der Waals surface area (Å²) in [6.45, 7) is 10.7. The van der Waals surface area contributed by atoms with Crippen molar-refractivity contribution in [3.05, 3.63) is 119 Å². The molecule has 0 radical (unpaired) electrons. The molecule has 46 heavy (non-hydrogen) atoms. The summed E-state index contributed by atoms with van der Waals surface area (Å²) < 4.78 is 56.8. The third-order valence-corrected chi connectivity index (χ3v) is 6.47. The maximum Gasteiger partial charge on any atom is 0.412 e. The van der Waals surface area contributed by atoms with Crippen molar-refractivity contribution in [1.29, 1.82) is 0 Å². The molecule has 4 aromatic carbocycles. The summed E-state index contributed by atoms with van der Waals surface area (Å²) in [6, 6.07) is 23.4. The summed E-state index contributed by atoms with van der Waals surface area (Å²) in [5.41, 5.74) is 2.73. The van der Waals surface area contributed by atoms with E-state index in [0.29, 0.717) is 23.5 Å². The molecule has 0 aliphatic carbocycles. The normalized spacial score (nSPS) is 11.6. The van der Waals surface area contributed by atoms with Gasteiger partial charge in [0.25, 0.3) is 0 Å². The first kappa shape index (κ1) is 33.9. The highest BCUT2D eigenvalue weighted by molar-refractivity contribution is 5.85. The van der Waals surface area contributed by atoms with E-state index in [0.717, 1.165) is 28.8 Å². The Labute approximate surface area is 266 Å². The van der Waals surface area contributed by atoms with Gasteiger partial charge in [-0.15, -0.1) is 0 Å². The molecule has 0 saturated carbocycles. The quantitative estimate of drug-likeness (QED) is 0.189. The molecule has 2 N–H and O–H groups in total. The predicted octanol–water partition coefficient (Wildman–Crippen LogP) is 9.96. The molecular weight excluding hydrogens is 597 g/mol. The molecule has 4 aromatic rings. The van der Waals surface area contributed by atoms with E-state index in [9.17, 15) is 22.8 Å². The predicted molar refractivity (Wildman–Crippen MR) is 171 cm³/mol. The molecular formula is C36H37F3N2O5. The summed E-state index contributed by atoms with van der Waals surface area (Å²) in [7, 11) is 0. The van der Waals surface area contributed by atoms with Crippen molar-refractivity contribution < 1.29 is 37.0 Å². The summed E-state index contributed by atoms with van der Waals surface area (Å²) in [6.07, 6.45) is -0.561. The number of benzene rings is 4. The average Bonchev–Trinajstić information content (AvgIpc) is 2.94. The fourth-order valence-electron chi connectivity index (χ4n) is 4.53. The molecule has 0 unspecified atom stereocenters. The largest absolute Gasteiger partial charge is 0.457 e. The lowest BCUT2D eigenvalue weighted by molar-refractivity contribution is 0.0624. The smallest absolute Gasteiger partial charge is 0.412 e. The average molecular weight is 635 g/mol. The first-order valence-corrected chi connectivity index (χ1v) is 14.7. The van der Waals surface area contributed by atoms with E-state index in [4.69, 9.17) is 14.2 Å². The van der Waals surface area contributed by atoms with Crippen LogP contribution >= 0.6 is 0 Å². The second kappa shape index (κ2) is 14.0. The number of halogens is 3. The Balaban J connectivity index is 1.55. The minimum Gasteiger partial charge on any atom is -0.457 e. The summed E-state index contributed by atoms with van der Waals surface area (Å²) in [5, 5.41) is 5.47. The first-order chi connectivity index (χ1) is 21.5. The van der Waals surface area contributed by atoms with Gasteiger partial charge < -0.3 is 14.2 Å². The molecule has 0 aliphatic heterocycles. The molecule has 0 bridgehead atoms. The van der Waals surface area contributed by atoms with Crippen LogP contribution in [0.2, 0.25) is 0 Å². The van der Waals surface area contributed by atoms with Crippen molar-refractivity contribution in [3.8, 4) is 11.5 Å². The van der Waals surface area contributed by atoms with Gasteiger partial charge >= 0.3 is 12.2 Å². The van der Waals surface area contributed by atoms with E-state index in [1.165, 1.54) is 0 Å². The molecule has 0 heterocycles. The van der Waals surface area contributed by atoms with Crippen LogP contribution in [0.5, 0.6) is 11.5 Å².